The second-order valence-corrected chi connectivity index (χ2v) is 5.53. The van der Waals surface area contributed by atoms with Gasteiger partial charge in [-0.25, -0.2) is 4.39 Å². The highest BCUT2D eigenvalue weighted by atomic mass is 19.1. The zero-order valence-electron chi connectivity index (χ0n) is 11.6. The number of benzene rings is 1. The average Bonchev–Trinajstić information content (AvgIpc) is 2.46. The highest BCUT2D eigenvalue weighted by Crippen LogP contribution is 2.36. The van der Waals surface area contributed by atoms with Crippen molar-refractivity contribution < 1.29 is 9.18 Å². The predicted octanol–water partition coefficient (Wildman–Crippen LogP) is 3.80. The Hall–Kier alpha value is -1.38. The number of hydrogen-bond acceptors (Lipinski definition) is 2. The number of nitrogens with zero attached hydrogens (tertiary/aromatic N) is 1. The van der Waals surface area contributed by atoms with E-state index in [9.17, 15) is 9.18 Å². The van der Waals surface area contributed by atoms with Crippen molar-refractivity contribution >= 4 is 12.0 Å². The quantitative estimate of drug-likeness (QED) is 0.753. The average molecular weight is 263 g/mol. The minimum Gasteiger partial charge on any atom is -0.371 e. The molecule has 0 unspecified atom stereocenters. The minimum atomic E-state index is -0.236. The van der Waals surface area contributed by atoms with Gasteiger partial charge < -0.3 is 9.69 Å². The Kier molecular flexibility index (Phi) is 4.56. The van der Waals surface area contributed by atoms with Gasteiger partial charge in [-0.3, -0.25) is 0 Å². The number of carbonyl (C=O) groups excluding carboxylic acids is 1. The highest BCUT2D eigenvalue weighted by molar-refractivity contribution is 5.62. The number of anilines is 1. The summed E-state index contributed by atoms with van der Waals surface area (Å²) in [6.45, 7) is 3.54. The molecule has 1 aliphatic rings. The first kappa shape index (κ1) is 14.0. The van der Waals surface area contributed by atoms with E-state index in [1.807, 2.05) is 13.0 Å². The Bertz CT molecular complexity index is 427. The maximum Gasteiger partial charge on any atom is 0.127 e. The first-order valence-corrected chi connectivity index (χ1v) is 7.16. The third kappa shape index (κ3) is 3.34. The molecule has 0 amide bonds. The molecular weight excluding hydrogens is 241 g/mol. The van der Waals surface area contributed by atoms with Crippen molar-refractivity contribution in [2.75, 3.05) is 18.0 Å². The van der Waals surface area contributed by atoms with Crippen LogP contribution in [-0.2, 0) is 4.79 Å². The van der Waals surface area contributed by atoms with Crippen LogP contribution in [0.5, 0.6) is 0 Å². The van der Waals surface area contributed by atoms with Crippen molar-refractivity contribution in [1.29, 1.82) is 0 Å². The van der Waals surface area contributed by atoms with Crippen molar-refractivity contribution in [3.05, 3.63) is 30.1 Å². The van der Waals surface area contributed by atoms with Crippen LogP contribution in [-0.4, -0.2) is 19.4 Å². The van der Waals surface area contributed by atoms with Gasteiger partial charge in [0.25, 0.3) is 0 Å². The van der Waals surface area contributed by atoms with Crippen LogP contribution in [0.1, 0.15) is 39.0 Å². The fourth-order valence-corrected chi connectivity index (χ4v) is 3.01. The minimum absolute atomic E-state index is 0.222. The molecule has 0 N–H and O–H groups in total. The molecule has 3 heteroatoms. The summed E-state index contributed by atoms with van der Waals surface area (Å²) in [6.07, 6.45) is 6.53. The molecule has 2 nitrogen and oxygen atoms in total. The van der Waals surface area contributed by atoms with Gasteiger partial charge in [-0.05, 0) is 38.0 Å². The third-order valence-electron chi connectivity index (χ3n) is 4.16. The van der Waals surface area contributed by atoms with Crippen LogP contribution >= 0.6 is 0 Å². The molecule has 0 radical (unpaired) electrons. The molecule has 0 aromatic heterocycles. The number of carbonyl (C=O) groups is 1. The standard InChI is InChI=1S/C16H22FNO/c1-2-18(15-8-6-7-14(17)11-15)12-16(13-19)9-4-3-5-10-16/h6-8,11,13H,2-5,9-10,12H2,1H3. The summed E-state index contributed by atoms with van der Waals surface area (Å²) in [4.78, 5) is 13.6. The lowest BCUT2D eigenvalue weighted by atomic mass is 9.75. The molecule has 104 valence electrons. The molecule has 0 bridgehead atoms. The fraction of sp³-hybridized carbons (Fsp3) is 0.562. The Balaban J connectivity index is 2.15. The van der Waals surface area contributed by atoms with Crippen molar-refractivity contribution in [1.82, 2.24) is 0 Å². The first-order chi connectivity index (χ1) is 9.19. The van der Waals surface area contributed by atoms with Crippen molar-refractivity contribution in [2.24, 2.45) is 5.41 Å². The van der Waals surface area contributed by atoms with Crippen LogP contribution < -0.4 is 4.90 Å². The molecular formula is C16H22FNO. The van der Waals surface area contributed by atoms with E-state index in [4.69, 9.17) is 0 Å². The molecule has 1 aromatic carbocycles. The number of hydrogen-bond donors (Lipinski definition) is 0. The van der Waals surface area contributed by atoms with Gasteiger partial charge in [-0.15, -0.1) is 0 Å². The Morgan fingerprint density at radius 1 is 1.32 bits per heavy atom. The topological polar surface area (TPSA) is 20.3 Å². The third-order valence-corrected chi connectivity index (χ3v) is 4.16. The Labute approximate surface area is 114 Å². The smallest absolute Gasteiger partial charge is 0.127 e. The molecule has 0 atom stereocenters. The van der Waals surface area contributed by atoms with E-state index in [1.54, 1.807) is 12.1 Å². The fourth-order valence-electron chi connectivity index (χ4n) is 3.01. The molecule has 0 heterocycles. The second kappa shape index (κ2) is 6.18. The van der Waals surface area contributed by atoms with E-state index < -0.39 is 0 Å². The Morgan fingerprint density at radius 2 is 2.05 bits per heavy atom. The predicted molar refractivity (Wildman–Crippen MR) is 75.9 cm³/mol. The largest absolute Gasteiger partial charge is 0.371 e. The molecule has 0 saturated heterocycles. The van der Waals surface area contributed by atoms with E-state index in [1.165, 1.54) is 12.5 Å². The van der Waals surface area contributed by atoms with E-state index in [0.717, 1.165) is 44.2 Å². The lowest BCUT2D eigenvalue weighted by molar-refractivity contribution is -0.117. The van der Waals surface area contributed by atoms with Gasteiger partial charge in [0.15, 0.2) is 0 Å². The molecule has 2 rings (SSSR count). The molecule has 1 fully saturated rings. The van der Waals surface area contributed by atoms with E-state index in [0.29, 0.717) is 6.54 Å². The zero-order valence-corrected chi connectivity index (χ0v) is 11.6. The van der Waals surface area contributed by atoms with Crippen molar-refractivity contribution in [2.45, 2.75) is 39.0 Å². The van der Waals surface area contributed by atoms with Crippen LogP contribution in [0.2, 0.25) is 0 Å². The van der Waals surface area contributed by atoms with Gasteiger partial charge in [-0.1, -0.05) is 25.3 Å². The molecule has 1 saturated carbocycles. The summed E-state index contributed by atoms with van der Waals surface area (Å²) >= 11 is 0. The van der Waals surface area contributed by atoms with Gasteiger partial charge in [0.2, 0.25) is 0 Å². The first-order valence-electron chi connectivity index (χ1n) is 7.16. The van der Waals surface area contributed by atoms with Gasteiger partial charge in [0.05, 0.1) is 0 Å². The summed E-state index contributed by atoms with van der Waals surface area (Å²) < 4.78 is 13.3. The number of halogens is 1. The monoisotopic (exact) mass is 263 g/mol. The lowest BCUT2D eigenvalue weighted by Crippen LogP contribution is -2.40. The van der Waals surface area contributed by atoms with E-state index in [2.05, 4.69) is 4.90 Å². The summed E-state index contributed by atoms with van der Waals surface area (Å²) in [6, 6.07) is 6.63. The lowest BCUT2D eigenvalue weighted by Gasteiger charge is -2.37. The SMILES string of the molecule is CCN(CC1(C=O)CCCCC1)c1cccc(F)c1. The summed E-state index contributed by atoms with van der Waals surface area (Å²) in [5.74, 6) is -0.222. The van der Waals surface area contributed by atoms with Crippen LogP contribution in [0.15, 0.2) is 24.3 Å². The summed E-state index contributed by atoms with van der Waals surface area (Å²) in [7, 11) is 0. The molecule has 0 aliphatic heterocycles. The van der Waals surface area contributed by atoms with Gasteiger partial charge in [-0.2, -0.15) is 0 Å². The van der Waals surface area contributed by atoms with Crippen molar-refractivity contribution in [3.63, 3.8) is 0 Å². The Morgan fingerprint density at radius 3 is 2.63 bits per heavy atom. The number of rotatable bonds is 5. The van der Waals surface area contributed by atoms with Gasteiger partial charge in [0, 0.05) is 24.2 Å². The maximum absolute atomic E-state index is 13.3. The number of aldehydes is 1. The molecule has 19 heavy (non-hydrogen) atoms. The van der Waals surface area contributed by atoms with Crippen LogP contribution in [0.3, 0.4) is 0 Å². The second-order valence-electron chi connectivity index (χ2n) is 5.53. The van der Waals surface area contributed by atoms with Crippen LogP contribution in [0, 0.1) is 11.2 Å². The van der Waals surface area contributed by atoms with Gasteiger partial charge >= 0.3 is 0 Å². The summed E-state index contributed by atoms with van der Waals surface area (Å²) in [5, 5.41) is 0. The van der Waals surface area contributed by atoms with Crippen molar-refractivity contribution in [3.8, 4) is 0 Å². The van der Waals surface area contributed by atoms with Crippen LogP contribution in [0.25, 0.3) is 0 Å². The van der Waals surface area contributed by atoms with Crippen LogP contribution in [0.4, 0.5) is 10.1 Å². The summed E-state index contributed by atoms with van der Waals surface area (Å²) in [5.41, 5.74) is 0.634. The normalized spacial score (nSPS) is 18.0. The van der Waals surface area contributed by atoms with E-state index >= 15 is 0 Å². The zero-order chi connectivity index (χ0) is 13.7. The molecule has 1 aliphatic carbocycles. The van der Waals surface area contributed by atoms with E-state index in [-0.39, 0.29) is 11.2 Å². The molecule has 1 aromatic rings. The maximum atomic E-state index is 13.3. The van der Waals surface area contributed by atoms with Gasteiger partial charge in [0.1, 0.15) is 12.1 Å². The molecule has 0 spiro atoms. The highest BCUT2D eigenvalue weighted by Gasteiger charge is 2.33.